The van der Waals surface area contributed by atoms with Crippen LogP contribution in [0.5, 0.6) is 0 Å². The van der Waals surface area contributed by atoms with E-state index in [4.69, 9.17) is 0 Å². The van der Waals surface area contributed by atoms with Crippen molar-refractivity contribution < 1.29 is 18.0 Å². The van der Waals surface area contributed by atoms with Crippen molar-refractivity contribution in [3.05, 3.63) is 76.5 Å². The molecule has 3 aromatic rings. The number of thiophene rings is 1. The first kappa shape index (κ1) is 21.7. The summed E-state index contributed by atoms with van der Waals surface area (Å²) in [5, 5.41) is 4.64. The van der Waals surface area contributed by atoms with E-state index in [9.17, 15) is 18.0 Å². The molecule has 1 heterocycles. The molecular formula is C22H22N2O4S2. The molecule has 2 amide bonds. The topological polar surface area (TPSA) is 83.6 Å². The summed E-state index contributed by atoms with van der Waals surface area (Å²) in [5.74, 6) is -0.410. The first-order chi connectivity index (χ1) is 14.2. The summed E-state index contributed by atoms with van der Waals surface area (Å²) in [5.41, 5.74) is 1.67. The molecule has 1 aromatic heterocycles. The lowest BCUT2D eigenvalue weighted by Crippen LogP contribution is -2.37. The molecule has 8 heteroatoms. The average molecular weight is 443 g/mol. The average Bonchev–Trinajstić information content (AvgIpc) is 3.23. The number of nitrogens with one attached hydrogen (secondary N) is 1. The molecule has 0 spiro atoms. The monoisotopic (exact) mass is 442 g/mol. The van der Waals surface area contributed by atoms with Gasteiger partial charge in [0.15, 0.2) is 9.84 Å². The van der Waals surface area contributed by atoms with Gasteiger partial charge in [-0.05, 0) is 73.8 Å². The lowest BCUT2D eigenvalue weighted by atomic mass is 10.1. The molecule has 0 aliphatic rings. The molecule has 0 aliphatic carbocycles. The minimum absolute atomic E-state index is 0.139. The number of amides is 2. The molecule has 30 heavy (non-hydrogen) atoms. The van der Waals surface area contributed by atoms with E-state index in [2.05, 4.69) is 5.32 Å². The zero-order valence-corrected chi connectivity index (χ0v) is 18.5. The van der Waals surface area contributed by atoms with Crippen LogP contribution in [0.4, 0.5) is 11.4 Å². The molecule has 0 unspecified atom stereocenters. The summed E-state index contributed by atoms with van der Waals surface area (Å²) in [6, 6.07) is 16.4. The lowest BCUT2D eigenvalue weighted by molar-refractivity contribution is 0.0979. The summed E-state index contributed by atoms with van der Waals surface area (Å²) in [4.78, 5) is 27.7. The second kappa shape index (κ2) is 8.81. The van der Waals surface area contributed by atoms with Gasteiger partial charge < -0.3 is 10.2 Å². The van der Waals surface area contributed by atoms with Crippen LogP contribution in [0.2, 0.25) is 0 Å². The van der Waals surface area contributed by atoms with E-state index >= 15 is 0 Å². The lowest BCUT2D eigenvalue weighted by Gasteiger charge is -2.27. The molecule has 0 saturated carbocycles. The first-order valence-electron chi connectivity index (χ1n) is 9.25. The van der Waals surface area contributed by atoms with Crippen LogP contribution >= 0.6 is 11.3 Å². The molecule has 0 bridgehead atoms. The fraction of sp³-hybridized carbons (Fsp3) is 0.182. The largest absolute Gasteiger partial charge is 0.321 e. The van der Waals surface area contributed by atoms with E-state index in [0.717, 1.165) is 6.26 Å². The minimum Gasteiger partial charge on any atom is -0.321 e. The maximum Gasteiger partial charge on any atom is 0.265 e. The Morgan fingerprint density at radius 3 is 2.10 bits per heavy atom. The van der Waals surface area contributed by atoms with Gasteiger partial charge in [0.05, 0.1) is 9.77 Å². The quantitative estimate of drug-likeness (QED) is 0.611. The van der Waals surface area contributed by atoms with Crippen LogP contribution in [0.15, 0.2) is 70.9 Å². The van der Waals surface area contributed by atoms with Crippen molar-refractivity contribution in [3.63, 3.8) is 0 Å². The molecule has 156 valence electrons. The number of carbonyl (C=O) groups is 2. The second-order valence-corrected chi connectivity index (χ2v) is 10.0. The van der Waals surface area contributed by atoms with Crippen molar-refractivity contribution in [3.8, 4) is 0 Å². The van der Waals surface area contributed by atoms with Crippen molar-refractivity contribution in [1.82, 2.24) is 0 Å². The predicted molar refractivity (Wildman–Crippen MR) is 120 cm³/mol. The Morgan fingerprint density at radius 2 is 1.60 bits per heavy atom. The third-order valence-electron chi connectivity index (χ3n) is 4.41. The van der Waals surface area contributed by atoms with E-state index in [1.807, 2.05) is 25.3 Å². The van der Waals surface area contributed by atoms with Gasteiger partial charge in [0.25, 0.3) is 11.8 Å². The maximum absolute atomic E-state index is 13.1. The van der Waals surface area contributed by atoms with Crippen molar-refractivity contribution in [2.45, 2.75) is 24.8 Å². The second-order valence-electron chi connectivity index (χ2n) is 7.04. The smallest absolute Gasteiger partial charge is 0.265 e. The van der Waals surface area contributed by atoms with Crippen molar-refractivity contribution in [2.24, 2.45) is 0 Å². The Balaban J connectivity index is 1.79. The standard InChI is InChI=1S/C22H22N2O4S2/c1-15(2)24(18-10-12-19(13-11-18)30(3,27)28)22(26)16-6-8-17(9-7-16)23-21(25)20-5-4-14-29-20/h4-15H,1-3H3,(H,23,25). The number of carbonyl (C=O) groups excluding carboxylic acids is 2. The van der Waals surface area contributed by atoms with Crippen LogP contribution in [-0.2, 0) is 9.84 Å². The van der Waals surface area contributed by atoms with Crippen LogP contribution < -0.4 is 10.2 Å². The van der Waals surface area contributed by atoms with E-state index < -0.39 is 9.84 Å². The molecule has 0 atom stereocenters. The van der Waals surface area contributed by atoms with Gasteiger partial charge in [-0.2, -0.15) is 0 Å². The molecule has 2 aromatic carbocycles. The summed E-state index contributed by atoms with van der Waals surface area (Å²) in [6.45, 7) is 3.77. The number of anilines is 2. The number of rotatable bonds is 6. The molecule has 0 fully saturated rings. The summed E-state index contributed by atoms with van der Waals surface area (Å²) < 4.78 is 23.4. The highest BCUT2D eigenvalue weighted by Gasteiger charge is 2.21. The van der Waals surface area contributed by atoms with Gasteiger partial charge in [0.2, 0.25) is 0 Å². The van der Waals surface area contributed by atoms with E-state index in [1.165, 1.54) is 23.5 Å². The predicted octanol–water partition coefficient (Wildman–Crippen LogP) is 4.46. The SMILES string of the molecule is CC(C)N(C(=O)c1ccc(NC(=O)c2cccs2)cc1)c1ccc(S(C)(=O)=O)cc1. The fourth-order valence-electron chi connectivity index (χ4n) is 2.94. The Hall–Kier alpha value is -2.97. The molecule has 0 saturated heterocycles. The molecular weight excluding hydrogens is 420 g/mol. The van der Waals surface area contributed by atoms with E-state index in [0.29, 0.717) is 21.8 Å². The van der Waals surface area contributed by atoms with Crippen LogP contribution in [0, 0.1) is 0 Å². The molecule has 1 N–H and O–H groups in total. The van der Waals surface area contributed by atoms with Crippen molar-refractivity contribution >= 4 is 44.4 Å². The highest BCUT2D eigenvalue weighted by atomic mass is 32.2. The molecule has 3 rings (SSSR count). The summed E-state index contributed by atoms with van der Waals surface area (Å²) in [6.07, 6.45) is 1.14. The van der Waals surface area contributed by atoms with Gasteiger partial charge in [0.1, 0.15) is 0 Å². The van der Waals surface area contributed by atoms with Gasteiger partial charge in [-0.25, -0.2) is 8.42 Å². The molecule has 6 nitrogen and oxygen atoms in total. The van der Waals surface area contributed by atoms with Gasteiger partial charge in [0, 0.05) is 29.2 Å². The Morgan fingerprint density at radius 1 is 0.967 bits per heavy atom. The molecule has 0 aliphatic heterocycles. The van der Waals surface area contributed by atoms with Crippen LogP contribution in [0.3, 0.4) is 0 Å². The van der Waals surface area contributed by atoms with Crippen molar-refractivity contribution in [1.29, 1.82) is 0 Å². The zero-order valence-electron chi connectivity index (χ0n) is 16.8. The third-order valence-corrected chi connectivity index (χ3v) is 6.41. The maximum atomic E-state index is 13.1. The van der Waals surface area contributed by atoms with Gasteiger partial charge in [-0.3, -0.25) is 9.59 Å². The van der Waals surface area contributed by atoms with Gasteiger partial charge in [-0.15, -0.1) is 11.3 Å². The number of hydrogen-bond acceptors (Lipinski definition) is 5. The highest BCUT2D eigenvalue weighted by molar-refractivity contribution is 7.90. The van der Waals surface area contributed by atoms with Gasteiger partial charge >= 0.3 is 0 Å². The highest BCUT2D eigenvalue weighted by Crippen LogP contribution is 2.23. The first-order valence-corrected chi connectivity index (χ1v) is 12.0. The Kier molecular flexibility index (Phi) is 6.38. The summed E-state index contributed by atoms with van der Waals surface area (Å²) >= 11 is 1.35. The molecule has 0 radical (unpaired) electrons. The Labute approximate surface area is 180 Å². The van der Waals surface area contributed by atoms with E-state index in [1.54, 1.807) is 47.4 Å². The normalized spacial score (nSPS) is 11.3. The Bertz CT molecular complexity index is 1130. The van der Waals surface area contributed by atoms with Crippen molar-refractivity contribution in [2.75, 3.05) is 16.5 Å². The number of benzene rings is 2. The van der Waals surface area contributed by atoms with Crippen LogP contribution in [-0.4, -0.2) is 32.5 Å². The van der Waals surface area contributed by atoms with E-state index in [-0.39, 0.29) is 22.8 Å². The fourth-order valence-corrected chi connectivity index (χ4v) is 4.19. The summed E-state index contributed by atoms with van der Waals surface area (Å²) in [7, 11) is -3.31. The van der Waals surface area contributed by atoms with Gasteiger partial charge in [-0.1, -0.05) is 6.07 Å². The minimum atomic E-state index is -3.31. The number of hydrogen-bond donors (Lipinski definition) is 1. The number of sulfone groups is 1. The number of nitrogens with zero attached hydrogens (tertiary/aromatic N) is 1. The van der Waals surface area contributed by atoms with Crippen LogP contribution in [0.1, 0.15) is 33.9 Å². The third kappa shape index (κ3) is 4.95. The zero-order chi connectivity index (χ0) is 21.9. The van der Waals surface area contributed by atoms with Crippen LogP contribution in [0.25, 0.3) is 0 Å².